The number of aliphatic hydroxyl groups is 1. The largest absolute Gasteiger partial charge is 0.390 e. The van der Waals surface area contributed by atoms with E-state index in [9.17, 15) is 9.90 Å². The van der Waals surface area contributed by atoms with Gasteiger partial charge in [0.15, 0.2) is 5.78 Å². The van der Waals surface area contributed by atoms with E-state index in [-0.39, 0.29) is 12.2 Å². The first-order chi connectivity index (χ1) is 15.2. The quantitative estimate of drug-likeness (QED) is 0.567. The van der Waals surface area contributed by atoms with Crippen LogP contribution in [0.1, 0.15) is 48.3 Å². The van der Waals surface area contributed by atoms with E-state index in [1.165, 1.54) is 11.0 Å². The average Bonchev–Trinajstić information content (AvgIpc) is 3.24. The van der Waals surface area contributed by atoms with Crippen molar-refractivity contribution in [2.45, 2.75) is 45.6 Å². The van der Waals surface area contributed by atoms with E-state index in [0.29, 0.717) is 16.6 Å². The molecule has 2 aromatic heterocycles. The minimum Gasteiger partial charge on any atom is -0.390 e. The van der Waals surface area contributed by atoms with Gasteiger partial charge in [0.2, 0.25) is 0 Å². The lowest BCUT2D eigenvalue weighted by atomic mass is 9.83. The Morgan fingerprint density at radius 1 is 1.19 bits per heavy atom. The molecule has 1 fully saturated rings. The molecular weight excluding hydrogens is 426 g/mol. The van der Waals surface area contributed by atoms with E-state index in [2.05, 4.69) is 20.1 Å². The van der Waals surface area contributed by atoms with Crippen LogP contribution in [0.4, 0.5) is 5.82 Å². The number of Topliss-reactive ketones (excluding diaryl/α,β-unsaturated/α-hetero) is 1. The minimum absolute atomic E-state index is 0.106. The Morgan fingerprint density at radius 3 is 2.50 bits per heavy atom. The van der Waals surface area contributed by atoms with Gasteiger partial charge in [-0.3, -0.25) is 4.79 Å². The maximum atomic E-state index is 12.7. The zero-order chi connectivity index (χ0) is 22.9. The summed E-state index contributed by atoms with van der Waals surface area (Å²) in [6.45, 7) is 7.53. The van der Waals surface area contributed by atoms with Crippen LogP contribution in [0.25, 0.3) is 5.69 Å². The maximum absolute atomic E-state index is 12.7. The van der Waals surface area contributed by atoms with Gasteiger partial charge in [-0.15, -0.1) is 5.10 Å². The molecule has 0 amide bonds. The van der Waals surface area contributed by atoms with Gasteiger partial charge in [0.1, 0.15) is 11.5 Å². The molecule has 1 N–H and O–H groups in total. The van der Waals surface area contributed by atoms with Crippen molar-refractivity contribution in [2.24, 2.45) is 5.92 Å². The highest BCUT2D eigenvalue weighted by molar-refractivity contribution is 6.30. The summed E-state index contributed by atoms with van der Waals surface area (Å²) >= 11 is 5.92. The predicted octanol–water partition coefficient (Wildman–Crippen LogP) is 4.04. The Hall–Kier alpha value is -2.77. The highest BCUT2D eigenvalue weighted by atomic mass is 35.5. The van der Waals surface area contributed by atoms with Crippen LogP contribution < -0.4 is 4.90 Å². The number of halogens is 1. The van der Waals surface area contributed by atoms with E-state index in [4.69, 9.17) is 11.6 Å². The third-order valence-corrected chi connectivity index (χ3v) is 6.35. The highest BCUT2D eigenvalue weighted by Crippen LogP contribution is 2.30. The van der Waals surface area contributed by atoms with Crippen molar-refractivity contribution in [3.8, 4) is 5.69 Å². The normalized spacial score (nSPS) is 15.2. The van der Waals surface area contributed by atoms with Gasteiger partial charge in [0.05, 0.1) is 17.5 Å². The molecule has 3 aromatic rings. The van der Waals surface area contributed by atoms with Gasteiger partial charge in [-0.25, -0.2) is 4.98 Å². The second kappa shape index (κ2) is 9.00. The molecule has 1 saturated heterocycles. The summed E-state index contributed by atoms with van der Waals surface area (Å²) in [6.07, 6.45) is 5.35. The van der Waals surface area contributed by atoms with E-state index in [0.717, 1.165) is 48.6 Å². The molecule has 168 valence electrons. The second-order valence-corrected chi connectivity index (χ2v) is 9.43. The zero-order valence-electron chi connectivity index (χ0n) is 18.6. The van der Waals surface area contributed by atoms with Crippen LogP contribution in [-0.2, 0) is 6.42 Å². The molecule has 0 spiro atoms. The van der Waals surface area contributed by atoms with E-state index in [1.807, 2.05) is 26.8 Å². The molecule has 8 heteroatoms. The molecule has 3 heterocycles. The van der Waals surface area contributed by atoms with Gasteiger partial charge in [0, 0.05) is 30.7 Å². The van der Waals surface area contributed by atoms with Crippen LogP contribution in [0.3, 0.4) is 0 Å². The standard InChI is InChI=1S/C24H28ClN5O2/c1-16-12-17(14-26-23(16)29-10-8-18(9-11-29)24(2,3)32)13-22(31)21-15-27-30(28-21)20-6-4-19(25)5-7-20/h4-7,12,14-15,18,32H,8-11,13H2,1-3H3. The topological polar surface area (TPSA) is 84.1 Å². The fourth-order valence-electron chi connectivity index (χ4n) is 4.22. The van der Waals surface area contributed by atoms with Crippen LogP contribution in [0.15, 0.2) is 42.7 Å². The number of aromatic nitrogens is 4. The summed E-state index contributed by atoms with van der Waals surface area (Å²) < 4.78 is 0. The molecule has 7 nitrogen and oxygen atoms in total. The van der Waals surface area contributed by atoms with Gasteiger partial charge >= 0.3 is 0 Å². The fourth-order valence-corrected chi connectivity index (χ4v) is 4.34. The summed E-state index contributed by atoms with van der Waals surface area (Å²) in [5.74, 6) is 1.14. The van der Waals surface area contributed by atoms with Crippen molar-refractivity contribution in [2.75, 3.05) is 18.0 Å². The number of carbonyl (C=O) groups excluding carboxylic acids is 1. The van der Waals surface area contributed by atoms with Crippen LogP contribution in [-0.4, -0.2) is 49.6 Å². The van der Waals surface area contributed by atoms with Gasteiger partial charge < -0.3 is 10.0 Å². The number of nitrogens with zero attached hydrogens (tertiary/aromatic N) is 5. The molecule has 1 aliphatic heterocycles. The van der Waals surface area contributed by atoms with E-state index < -0.39 is 5.60 Å². The molecule has 0 atom stereocenters. The molecule has 1 aliphatic rings. The number of anilines is 1. The fraction of sp³-hybridized carbons (Fsp3) is 0.417. The summed E-state index contributed by atoms with van der Waals surface area (Å²) in [5, 5.41) is 19.4. The summed E-state index contributed by atoms with van der Waals surface area (Å²) in [4.78, 5) is 21.1. The number of benzene rings is 1. The van der Waals surface area contributed by atoms with Crippen molar-refractivity contribution >= 4 is 23.2 Å². The average molecular weight is 454 g/mol. The van der Waals surface area contributed by atoms with Crippen molar-refractivity contribution < 1.29 is 9.90 Å². The smallest absolute Gasteiger partial charge is 0.189 e. The molecule has 1 aromatic carbocycles. The lowest BCUT2D eigenvalue weighted by Crippen LogP contribution is -2.42. The zero-order valence-corrected chi connectivity index (χ0v) is 19.4. The van der Waals surface area contributed by atoms with Crippen molar-refractivity contribution in [3.63, 3.8) is 0 Å². The SMILES string of the molecule is Cc1cc(CC(=O)c2cnn(-c3ccc(Cl)cc3)n2)cnc1N1CCC(C(C)(C)O)CC1. The van der Waals surface area contributed by atoms with Gasteiger partial charge in [0.25, 0.3) is 0 Å². The van der Waals surface area contributed by atoms with E-state index >= 15 is 0 Å². The summed E-state index contributed by atoms with van der Waals surface area (Å²) in [5.41, 5.74) is 2.30. The number of ketones is 1. The third-order valence-electron chi connectivity index (χ3n) is 6.10. The van der Waals surface area contributed by atoms with Gasteiger partial charge in [-0.2, -0.15) is 9.90 Å². The van der Waals surface area contributed by atoms with Crippen LogP contribution in [0.2, 0.25) is 5.02 Å². The van der Waals surface area contributed by atoms with Gasteiger partial charge in [-0.05, 0) is 74.9 Å². The molecular formula is C24H28ClN5O2. The Bertz CT molecular complexity index is 1100. The van der Waals surface area contributed by atoms with Crippen molar-refractivity contribution in [1.82, 2.24) is 20.0 Å². The molecule has 0 unspecified atom stereocenters. The number of carbonyl (C=O) groups is 1. The second-order valence-electron chi connectivity index (χ2n) is 8.99. The van der Waals surface area contributed by atoms with Crippen LogP contribution >= 0.6 is 11.6 Å². The molecule has 0 saturated carbocycles. The first kappa shape index (κ1) is 22.4. The number of rotatable bonds is 6. The third kappa shape index (κ3) is 5.00. The summed E-state index contributed by atoms with van der Waals surface area (Å²) in [6, 6.07) is 9.13. The molecule has 32 heavy (non-hydrogen) atoms. The molecule has 4 rings (SSSR count). The lowest BCUT2D eigenvalue weighted by molar-refractivity contribution is 0.00645. The van der Waals surface area contributed by atoms with Crippen LogP contribution in [0.5, 0.6) is 0 Å². The first-order valence-electron chi connectivity index (χ1n) is 10.8. The highest BCUT2D eigenvalue weighted by Gasteiger charge is 2.31. The van der Waals surface area contributed by atoms with Gasteiger partial charge in [-0.1, -0.05) is 17.7 Å². The van der Waals surface area contributed by atoms with Crippen molar-refractivity contribution in [1.29, 1.82) is 0 Å². The minimum atomic E-state index is -0.645. The Kier molecular flexibility index (Phi) is 6.31. The van der Waals surface area contributed by atoms with Crippen molar-refractivity contribution in [3.05, 3.63) is 64.6 Å². The predicted molar refractivity (Wildman–Crippen MR) is 125 cm³/mol. The monoisotopic (exact) mass is 453 g/mol. The van der Waals surface area contributed by atoms with Crippen LogP contribution in [0, 0.1) is 12.8 Å². The number of hydrogen-bond acceptors (Lipinski definition) is 6. The lowest BCUT2D eigenvalue weighted by Gasteiger charge is -2.38. The summed E-state index contributed by atoms with van der Waals surface area (Å²) in [7, 11) is 0. The molecule has 0 aliphatic carbocycles. The number of pyridine rings is 1. The Morgan fingerprint density at radius 2 is 1.88 bits per heavy atom. The number of aryl methyl sites for hydroxylation is 1. The Labute approximate surface area is 193 Å². The maximum Gasteiger partial charge on any atom is 0.189 e. The first-order valence-corrected chi connectivity index (χ1v) is 11.2. The molecule has 0 bridgehead atoms. The number of piperidine rings is 1. The van der Waals surface area contributed by atoms with E-state index in [1.54, 1.807) is 30.5 Å². The molecule has 0 radical (unpaired) electrons. The number of hydrogen-bond donors (Lipinski definition) is 1. The Balaban J connectivity index is 1.41.